The van der Waals surface area contributed by atoms with E-state index in [9.17, 15) is 9.90 Å². The third kappa shape index (κ3) is 4.20. The summed E-state index contributed by atoms with van der Waals surface area (Å²) in [4.78, 5) is 18.6. The summed E-state index contributed by atoms with van der Waals surface area (Å²) in [7, 11) is 0. The van der Waals surface area contributed by atoms with E-state index in [1.807, 2.05) is 41.6 Å². The van der Waals surface area contributed by atoms with Crippen LogP contribution >= 0.6 is 0 Å². The Morgan fingerprint density at radius 2 is 1.96 bits per heavy atom. The van der Waals surface area contributed by atoms with Crippen LogP contribution in [0.5, 0.6) is 5.75 Å². The van der Waals surface area contributed by atoms with Gasteiger partial charge in [0.05, 0.1) is 24.6 Å². The third-order valence-corrected chi connectivity index (χ3v) is 4.50. The van der Waals surface area contributed by atoms with E-state index in [0.29, 0.717) is 31.5 Å². The minimum Gasteiger partial charge on any atom is -0.491 e. The van der Waals surface area contributed by atoms with E-state index >= 15 is 0 Å². The van der Waals surface area contributed by atoms with E-state index < -0.39 is 6.10 Å². The first-order valence-electron chi connectivity index (χ1n) is 8.76. The molecule has 3 rings (SSSR count). The summed E-state index contributed by atoms with van der Waals surface area (Å²) in [5, 5.41) is 10.4. The van der Waals surface area contributed by atoms with Gasteiger partial charge in [-0.05, 0) is 51.0 Å². The van der Waals surface area contributed by atoms with Gasteiger partial charge in [0.15, 0.2) is 0 Å². The SMILES string of the molecule is CC(C)Oc1ccc(C(=O)N2CC[C@H](O)[C@@H](n3ccnc3)CC2)cc1. The van der Waals surface area contributed by atoms with Gasteiger partial charge in [0, 0.05) is 31.0 Å². The highest BCUT2D eigenvalue weighted by atomic mass is 16.5. The minimum absolute atomic E-state index is 0.00502. The number of amides is 1. The Labute approximate surface area is 148 Å². The lowest BCUT2D eigenvalue weighted by Crippen LogP contribution is -2.32. The number of likely N-dealkylation sites (tertiary alicyclic amines) is 1. The zero-order chi connectivity index (χ0) is 17.8. The molecule has 1 fully saturated rings. The summed E-state index contributed by atoms with van der Waals surface area (Å²) in [5.41, 5.74) is 0.645. The molecule has 1 N–H and O–H groups in total. The summed E-state index contributed by atoms with van der Waals surface area (Å²) in [5.74, 6) is 0.757. The van der Waals surface area contributed by atoms with E-state index in [-0.39, 0.29) is 18.1 Å². The monoisotopic (exact) mass is 343 g/mol. The van der Waals surface area contributed by atoms with Gasteiger partial charge in [-0.2, -0.15) is 0 Å². The average molecular weight is 343 g/mol. The van der Waals surface area contributed by atoms with E-state index in [4.69, 9.17) is 4.74 Å². The van der Waals surface area contributed by atoms with Crippen LogP contribution in [0.3, 0.4) is 0 Å². The Morgan fingerprint density at radius 3 is 2.60 bits per heavy atom. The molecular formula is C19H25N3O3. The minimum atomic E-state index is -0.478. The highest BCUT2D eigenvalue weighted by Gasteiger charge is 2.28. The van der Waals surface area contributed by atoms with Crippen LogP contribution in [0.1, 0.15) is 43.1 Å². The topological polar surface area (TPSA) is 67.6 Å². The Kier molecular flexibility index (Phi) is 5.38. The van der Waals surface area contributed by atoms with Crippen molar-refractivity contribution in [3.8, 4) is 5.75 Å². The first-order valence-corrected chi connectivity index (χ1v) is 8.76. The summed E-state index contributed by atoms with van der Waals surface area (Å²) < 4.78 is 7.54. The van der Waals surface area contributed by atoms with Gasteiger partial charge in [-0.15, -0.1) is 0 Å². The Hall–Kier alpha value is -2.34. The third-order valence-electron chi connectivity index (χ3n) is 4.50. The zero-order valence-corrected chi connectivity index (χ0v) is 14.7. The van der Waals surface area contributed by atoms with E-state index in [1.165, 1.54) is 0 Å². The number of aromatic nitrogens is 2. The van der Waals surface area contributed by atoms with Gasteiger partial charge in [-0.25, -0.2) is 4.98 Å². The van der Waals surface area contributed by atoms with Gasteiger partial charge < -0.3 is 19.3 Å². The molecule has 2 aromatic rings. The number of imidazole rings is 1. The Balaban J connectivity index is 1.66. The van der Waals surface area contributed by atoms with E-state index in [1.54, 1.807) is 24.7 Å². The number of rotatable bonds is 4. The molecule has 134 valence electrons. The summed E-state index contributed by atoms with van der Waals surface area (Å²) >= 11 is 0. The van der Waals surface area contributed by atoms with Gasteiger partial charge >= 0.3 is 0 Å². The molecule has 0 bridgehead atoms. The Bertz CT molecular complexity index is 682. The number of aliphatic hydroxyl groups excluding tert-OH is 1. The van der Waals surface area contributed by atoms with Crippen LogP contribution in [0.4, 0.5) is 0 Å². The van der Waals surface area contributed by atoms with E-state index in [0.717, 1.165) is 5.75 Å². The fourth-order valence-corrected chi connectivity index (χ4v) is 3.22. The van der Waals surface area contributed by atoms with Crippen LogP contribution < -0.4 is 4.74 Å². The number of carbonyl (C=O) groups is 1. The van der Waals surface area contributed by atoms with Crippen molar-refractivity contribution in [2.45, 2.75) is 44.9 Å². The standard InChI is InChI=1S/C19H25N3O3/c1-14(2)25-16-5-3-15(4-6-16)19(24)21-10-7-17(18(23)8-11-21)22-12-9-20-13-22/h3-6,9,12-14,17-18,23H,7-8,10-11H2,1-2H3/t17-,18-/m0/s1. The molecule has 0 aliphatic carbocycles. The van der Waals surface area contributed by atoms with Crippen molar-refractivity contribution in [2.75, 3.05) is 13.1 Å². The number of ether oxygens (including phenoxy) is 1. The predicted molar refractivity (Wildman–Crippen MR) is 94.6 cm³/mol. The molecule has 1 aromatic carbocycles. The van der Waals surface area contributed by atoms with Crippen molar-refractivity contribution in [3.05, 3.63) is 48.5 Å². The molecule has 0 radical (unpaired) electrons. The zero-order valence-electron chi connectivity index (χ0n) is 14.7. The van der Waals surface area contributed by atoms with Crippen molar-refractivity contribution in [2.24, 2.45) is 0 Å². The van der Waals surface area contributed by atoms with Crippen molar-refractivity contribution in [3.63, 3.8) is 0 Å². The van der Waals surface area contributed by atoms with Crippen LogP contribution in [0.25, 0.3) is 0 Å². The number of aliphatic hydroxyl groups is 1. The molecule has 1 aliphatic rings. The largest absolute Gasteiger partial charge is 0.491 e. The van der Waals surface area contributed by atoms with Gasteiger partial charge in [0.1, 0.15) is 5.75 Å². The van der Waals surface area contributed by atoms with Crippen LogP contribution in [-0.2, 0) is 0 Å². The predicted octanol–water partition coefficient (Wildman–Crippen LogP) is 2.51. The smallest absolute Gasteiger partial charge is 0.253 e. The average Bonchev–Trinajstić information content (AvgIpc) is 3.04. The van der Waals surface area contributed by atoms with Gasteiger partial charge in [0.25, 0.3) is 5.91 Å². The first kappa shape index (κ1) is 17.5. The van der Waals surface area contributed by atoms with Crippen molar-refractivity contribution in [1.82, 2.24) is 14.5 Å². The second-order valence-corrected chi connectivity index (χ2v) is 6.71. The van der Waals surface area contributed by atoms with Crippen molar-refractivity contribution >= 4 is 5.91 Å². The maximum Gasteiger partial charge on any atom is 0.253 e. The fourth-order valence-electron chi connectivity index (χ4n) is 3.22. The molecule has 0 spiro atoms. The van der Waals surface area contributed by atoms with Crippen LogP contribution in [0.15, 0.2) is 43.0 Å². The molecule has 1 aliphatic heterocycles. The van der Waals surface area contributed by atoms with E-state index in [2.05, 4.69) is 4.98 Å². The molecule has 0 saturated carbocycles. The summed E-state index contributed by atoms with van der Waals surface area (Å²) in [6.07, 6.45) is 6.18. The quantitative estimate of drug-likeness (QED) is 0.926. The number of benzene rings is 1. The van der Waals surface area contributed by atoms with Crippen LogP contribution in [0, 0.1) is 0 Å². The molecule has 0 unspecified atom stereocenters. The molecule has 2 heterocycles. The maximum absolute atomic E-state index is 12.8. The molecule has 1 aromatic heterocycles. The lowest BCUT2D eigenvalue weighted by atomic mass is 10.1. The van der Waals surface area contributed by atoms with Gasteiger partial charge in [-0.3, -0.25) is 4.79 Å². The molecule has 6 nitrogen and oxygen atoms in total. The highest BCUT2D eigenvalue weighted by Crippen LogP contribution is 2.24. The lowest BCUT2D eigenvalue weighted by molar-refractivity contribution is 0.0751. The normalized spacial score (nSPS) is 21.2. The number of carbonyl (C=O) groups excluding carboxylic acids is 1. The molecule has 2 atom stereocenters. The van der Waals surface area contributed by atoms with Crippen molar-refractivity contribution in [1.29, 1.82) is 0 Å². The first-order chi connectivity index (χ1) is 12.0. The lowest BCUT2D eigenvalue weighted by Gasteiger charge is -2.21. The molecule has 25 heavy (non-hydrogen) atoms. The van der Waals surface area contributed by atoms with Crippen LogP contribution in [-0.4, -0.2) is 50.8 Å². The maximum atomic E-state index is 12.8. The second kappa shape index (κ2) is 7.70. The second-order valence-electron chi connectivity index (χ2n) is 6.71. The number of nitrogens with zero attached hydrogens (tertiary/aromatic N) is 3. The highest BCUT2D eigenvalue weighted by molar-refractivity contribution is 5.94. The number of hydrogen-bond donors (Lipinski definition) is 1. The molecule has 6 heteroatoms. The Morgan fingerprint density at radius 1 is 1.24 bits per heavy atom. The molecule has 1 saturated heterocycles. The van der Waals surface area contributed by atoms with Crippen molar-refractivity contribution < 1.29 is 14.6 Å². The van der Waals surface area contributed by atoms with Gasteiger partial charge in [-0.1, -0.05) is 0 Å². The molecule has 1 amide bonds. The van der Waals surface area contributed by atoms with Crippen LogP contribution in [0.2, 0.25) is 0 Å². The van der Waals surface area contributed by atoms with Gasteiger partial charge in [0.2, 0.25) is 0 Å². The summed E-state index contributed by atoms with van der Waals surface area (Å²) in [6, 6.07) is 7.22. The summed E-state index contributed by atoms with van der Waals surface area (Å²) in [6.45, 7) is 5.11. The fraction of sp³-hybridized carbons (Fsp3) is 0.474. The number of hydrogen-bond acceptors (Lipinski definition) is 4. The molecular weight excluding hydrogens is 318 g/mol.